The largest absolute Gasteiger partial charge is 0.383 e. The summed E-state index contributed by atoms with van der Waals surface area (Å²) < 4.78 is 12.6. The van der Waals surface area contributed by atoms with Gasteiger partial charge in [0.15, 0.2) is 11.8 Å². The van der Waals surface area contributed by atoms with E-state index in [1.807, 2.05) is 25.5 Å². The van der Waals surface area contributed by atoms with E-state index in [2.05, 4.69) is 25.7 Å². The molecule has 0 radical (unpaired) electrons. The van der Waals surface area contributed by atoms with Crippen molar-refractivity contribution < 1.29 is 9.47 Å². The molecule has 1 fully saturated rings. The van der Waals surface area contributed by atoms with Gasteiger partial charge in [-0.25, -0.2) is 4.99 Å². The van der Waals surface area contributed by atoms with Crippen molar-refractivity contribution in [2.45, 2.75) is 45.7 Å². The van der Waals surface area contributed by atoms with Gasteiger partial charge in [0.2, 0.25) is 0 Å². The predicted molar refractivity (Wildman–Crippen MR) is 110 cm³/mol. The standard InChI is InChI=1S/C19H37N7O2/c1-5-28-13-6-9-20-19(21-15-18-24-23-16(2)25(18)3)22-17-7-10-26(11-8-17)12-14-27-4/h17H,5-15H2,1-4H3,(H2,20,21,22). The van der Waals surface area contributed by atoms with Crippen molar-refractivity contribution in [2.24, 2.45) is 12.0 Å². The second-order valence-corrected chi connectivity index (χ2v) is 7.12. The van der Waals surface area contributed by atoms with E-state index in [1.54, 1.807) is 7.11 Å². The summed E-state index contributed by atoms with van der Waals surface area (Å²) in [4.78, 5) is 7.20. The fraction of sp³-hybridized carbons (Fsp3) is 0.842. The molecular formula is C19H37N7O2. The fourth-order valence-corrected chi connectivity index (χ4v) is 3.13. The van der Waals surface area contributed by atoms with E-state index in [4.69, 9.17) is 14.5 Å². The first kappa shape index (κ1) is 22.6. The molecule has 1 aromatic heterocycles. The van der Waals surface area contributed by atoms with Gasteiger partial charge in [-0.15, -0.1) is 10.2 Å². The third-order valence-corrected chi connectivity index (χ3v) is 5.06. The number of nitrogens with one attached hydrogen (secondary N) is 2. The number of likely N-dealkylation sites (tertiary alicyclic amines) is 1. The average molecular weight is 396 g/mol. The molecule has 2 rings (SSSR count). The minimum Gasteiger partial charge on any atom is -0.383 e. The summed E-state index contributed by atoms with van der Waals surface area (Å²) in [6.45, 7) is 10.8. The van der Waals surface area contributed by atoms with Gasteiger partial charge in [0.1, 0.15) is 12.4 Å². The van der Waals surface area contributed by atoms with Crippen molar-refractivity contribution in [1.29, 1.82) is 0 Å². The number of methoxy groups -OCH3 is 1. The highest BCUT2D eigenvalue weighted by molar-refractivity contribution is 5.80. The monoisotopic (exact) mass is 395 g/mol. The predicted octanol–water partition coefficient (Wildman–Crippen LogP) is 0.696. The Kier molecular flexibility index (Phi) is 10.2. The molecule has 160 valence electrons. The summed E-state index contributed by atoms with van der Waals surface area (Å²) in [5, 5.41) is 15.4. The lowest BCUT2D eigenvalue weighted by Crippen LogP contribution is -2.49. The number of aromatic nitrogens is 3. The Morgan fingerprint density at radius 2 is 2.04 bits per heavy atom. The average Bonchev–Trinajstić information content (AvgIpc) is 3.03. The van der Waals surface area contributed by atoms with Crippen LogP contribution in [0, 0.1) is 6.92 Å². The second kappa shape index (κ2) is 12.7. The van der Waals surface area contributed by atoms with Crippen LogP contribution in [0.3, 0.4) is 0 Å². The first-order chi connectivity index (χ1) is 13.6. The molecule has 9 nitrogen and oxygen atoms in total. The van der Waals surface area contributed by atoms with E-state index >= 15 is 0 Å². The van der Waals surface area contributed by atoms with Crippen LogP contribution in [-0.2, 0) is 23.1 Å². The lowest BCUT2D eigenvalue weighted by Gasteiger charge is -2.32. The number of rotatable bonds is 11. The van der Waals surface area contributed by atoms with Gasteiger partial charge in [-0.3, -0.25) is 0 Å². The van der Waals surface area contributed by atoms with E-state index in [9.17, 15) is 0 Å². The molecule has 0 unspecified atom stereocenters. The van der Waals surface area contributed by atoms with Crippen molar-refractivity contribution in [1.82, 2.24) is 30.3 Å². The summed E-state index contributed by atoms with van der Waals surface area (Å²) in [5.74, 6) is 2.60. The summed E-state index contributed by atoms with van der Waals surface area (Å²) in [7, 11) is 3.73. The molecule has 0 amide bonds. The maximum atomic E-state index is 5.42. The maximum Gasteiger partial charge on any atom is 0.191 e. The van der Waals surface area contributed by atoms with Gasteiger partial charge in [0.25, 0.3) is 0 Å². The third-order valence-electron chi connectivity index (χ3n) is 5.06. The number of hydrogen-bond acceptors (Lipinski definition) is 6. The van der Waals surface area contributed by atoms with E-state index < -0.39 is 0 Å². The Morgan fingerprint density at radius 1 is 1.25 bits per heavy atom. The minimum absolute atomic E-state index is 0.429. The van der Waals surface area contributed by atoms with Crippen LogP contribution in [0.15, 0.2) is 4.99 Å². The normalized spacial score (nSPS) is 16.5. The highest BCUT2D eigenvalue weighted by Gasteiger charge is 2.19. The molecule has 0 bridgehead atoms. The van der Waals surface area contributed by atoms with Crippen LogP contribution in [-0.4, -0.2) is 84.8 Å². The van der Waals surface area contributed by atoms with Gasteiger partial charge < -0.3 is 29.6 Å². The minimum atomic E-state index is 0.429. The first-order valence-electron chi connectivity index (χ1n) is 10.3. The van der Waals surface area contributed by atoms with Gasteiger partial charge in [0, 0.05) is 59.6 Å². The number of piperidine rings is 1. The van der Waals surface area contributed by atoms with Crippen molar-refractivity contribution in [3.8, 4) is 0 Å². The summed E-state index contributed by atoms with van der Waals surface area (Å²) in [6.07, 6.45) is 3.16. The van der Waals surface area contributed by atoms with Gasteiger partial charge in [-0.1, -0.05) is 0 Å². The lowest BCUT2D eigenvalue weighted by molar-refractivity contribution is 0.128. The highest BCUT2D eigenvalue weighted by atomic mass is 16.5. The van der Waals surface area contributed by atoms with E-state index in [0.29, 0.717) is 12.6 Å². The van der Waals surface area contributed by atoms with Gasteiger partial charge in [-0.2, -0.15) is 0 Å². The Hall–Kier alpha value is -1.71. The van der Waals surface area contributed by atoms with Gasteiger partial charge in [0.05, 0.1) is 6.61 Å². The molecule has 0 aromatic carbocycles. The van der Waals surface area contributed by atoms with Crippen molar-refractivity contribution in [2.75, 3.05) is 53.1 Å². The van der Waals surface area contributed by atoms with E-state index in [-0.39, 0.29) is 0 Å². The molecule has 0 spiro atoms. The number of hydrogen-bond donors (Lipinski definition) is 2. The molecule has 2 N–H and O–H groups in total. The zero-order chi connectivity index (χ0) is 20.2. The zero-order valence-corrected chi connectivity index (χ0v) is 17.9. The number of ether oxygens (including phenoxy) is 2. The summed E-state index contributed by atoms with van der Waals surface area (Å²) in [6, 6.07) is 0.429. The van der Waals surface area contributed by atoms with Crippen LogP contribution in [0.1, 0.15) is 37.8 Å². The molecule has 0 saturated carbocycles. The van der Waals surface area contributed by atoms with Crippen LogP contribution in [0.25, 0.3) is 0 Å². The number of nitrogens with zero attached hydrogens (tertiary/aromatic N) is 5. The quantitative estimate of drug-likeness (QED) is 0.324. The van der Waals surface area contributed by atoms with Crippen molar-refractivity contribution in [3.05, 3.63) is 11.6 Å². The molecule has 0 atom stereocenters. The Morgan fingerprint density at radius 3 is 2.68 bits per heavy atom. The fourth-order valence-electron chi connectivity index (χ4n) is 3.13. The first-order valence-corrected chi connectivity index (χ1v) is 10.3. The zero-order valence-electron chi connectivity index (χ0n) is 17.9. The molecule has 9 heteroatoms. The van der Waals surface area contributed by atoms with E-state index in [0.717, 1.165) is 82.9 Å². The second-order valence-electron chi connectivity index (χ2n) is 7.12. The molecular weight excluding hydrogens is 358 g/mol. The highest BCUT2D eigenvalue weighted by Crippen LogP contribution is 2.10. The van der Waals surface area contributed by atoms with Crippen molar-refractivity contribution >= 4 is 5.96 Å². The lowest BCUT2D eigenvalue weighted by atomic mass is 10.1. The maximum absolute atomic E-state index is 5.42. The molecule has 1 aromatic rings. The molecule has 1 aliphatic heterocycles. The molecule has 28 heavy (non-hydrogen) atoms. The Balaban J connectivity index is 1.86. The van der Waals surface area contributed by atoms with Crippen LogP contribution in [0.2, 0.25) is 0 Å². The van der Waals surface area contributed by atoms with Crippen molar-refractivity contribution in [3.63, 3.8) is 0 Å². The summed E-state index contributed by atoms with van der Waals surface area (Å²) in [5.41, 5.74) is 0. The number of aryl methyl sites for hydroxylation is 1. The van der Waals surface area contributed by atoms with Crippen LogP contribution >= 0.6 is 0 Å². The number of guanidine groups is 1. The molecule has 2 heterocycles. The van der Waals surface area contributed by atoms with Gasteiger partial charge in [-0.05, 0) is 33.1 Å². The van der Waals surface area contributed by atoms with Gasteiger partial charge >= 0.3 is 0 Å². The van der Waals surface area contributed by atoms with Crippen LogP contribution < -0.4 is 10.6 Å². The molecule has 0 aliphatic carbocycles. The van der Waals surface area contributed by atoms with E-state index in [1.165, 1.54) is 0 Å². The third kappa shape index (κ3) is 7.73. The Bertz CT molecular complexity index is 583. The van der Waals surface area contributed by atoms with Crippen LogP contribution in [0.4, 0.5) is 0 Å². The SMILES string of the molecule is CCOCCCNC(=NCc1nnc(C)n1C)NC1CCN(CCOC)CC1. The molecule has 1 aliphatic rings. The molecule has 1 saturated heterocycles. The van der Waals surface area contributed by atoms with Crippen LogP contribution in [0.5, 0.6) is 0 Å². The summed E-state index contributed by atoms with van der Waals surface area (Å²) >= 11 is 0. The smallest absolute Gasteiger partial charge is 0.191 e. The Labute approximate surface area is 168 Å². The topological polar surface area (TPSA) is 88.8 Å². The number of aliphatic imine (C=N–C) groups is 1.